The van der Waals surface area contributed by atoms with Crippen molar-refractivity contribution in [3.8, 4) is 11.4 Å². The van der Waals surface area contributed by atoms with E-state index in [1.165, 1.54) is 0 Å². The minimum atomic E-state index is -1.03. The summed E-state index contributed by atoms with van der Waals surface area (Å²) < 4.78 is 7.15. The first-order valence-corrected chi connectivity index (χ1v) is 6.04. The third-order valence-electron chi connectivity index (χ3n) is 2.56. The molecule has 0 amide bonds. The molecule has 0 radical (unpaired) electrons. The third-order valence-corrected chi connectivity index (χ3v) is 2.56. The molecule has 2 aromatic rings. The number of ether oxygens (including phenoxy) is 1. The van der Waals surface area contributed by atoms with Crippen LogP contribution in [-0.4, -0.2) is 27.0 Å². The van der Waals surface area contributed by atoms with Crippen LogP contribution >= 0.6 is 0 Å². The van der Waals surface area contributed by atoms with Gasteiger partial charge in [0.1, 0.15) is 5.75 Å². The quantitative estimate of drug-likeness (QED) is 0.917. The molecule has 0 spiro atoms. The lowest BCUT2D eigenvalue weighted by atomic mass is 10.3. The van der Waals surface area contributed by atoms with Gasteiger partial charge >= 0.3 is 5.97 Å². The number of aryl methyl sites for hydroxylation is 1. The summed E-state index contributed by atoms with van der Waals surface area (Å²) in [6, 6.07) is 8.93. The van der Waals surface area contributed by atoms with E-state index in [-0.39, 0.29) is 11.8 Å². The van der Waals surface area contributed by atoms with E-state index in [9.17, 15) is 4.79 Å². The monoisotopic (exact) mass is 260 g/mol. The molecule has 1 heterocycles. The molecular formula is C14H16N2O3. The van der Waals surface area contributed by atoms with Gasteiger partial charge in [0.15, 0.2) is 5.69 Å². The summed E-state index contributed by atoms with van der Waals surface area (Å²) in [5.74, 6) is -0.247. The Morgan fingerprint density at radius 2 is 1.95 bits per heavy atom. The van der Waals surface area contributed by atoms with Crippen LogP contribution in [0.5, 0.6) is 5.75 Å². The number of hydrogen-bond acceptors (Lipinski definition) is 3. The largest absolute Gasteiger partial charge is 0.491 e. The van der Waals surface area contributed by atoms with Gasteiger partial charge in [0, 0.05) is 5.69 Å². The topological polar surface area (TPSA) is 64.3 Å². The second-order valence-corrected chi connectivity index (χ2v) is 4.55. The fourth-order valence-corrected chi connectivity index (χ4v) is 1.78. The van der Waals surface area contributed by atoms with E-state index in [4.69, 9.17) is 9.84 Å². The number of aromatic carboxylic acids is 1. The van der Waals surface area contributed by atoms with Crippen molar-refractivity contribution >= 4 is 5.97 Å². The van der Waals surface area contributed by atoms with Crippen LogP contribution in [-0.2, 0) is 0 Å². The summed E-state index contributed by atoms with van der Waals surface area (Å²) in [6.07, 6.45) is 0.121. The first kappa shape index (κ1) is 13.1. The lowest BCUT2D eigenvalue weighted by molar-refractivity contribution is 0.0690. The Balaban J connectivity index is 2.29. The zero-order chi connectivity index (χ0) is 14.0. The van der Waals surface area contributed by atoms with Crippen LogP contribution < -0.4 is 4.74 Å². The van der Waals surface area contributed by atoms with E-state index in [1.54, 1.807) is 10.7 Å². The van der Waals surface area contributed by atoms with Crippen molar-refractivity contribution in [3.63, 3.8) is 0 Å². The molecule has 0 bridgehead atoms. The molecule has 0 saturated carbocycles. The molecule has 0 atom stereocenters. The van der Waals surface area contributed by atoms with E-state index in [0.29, 0.717) is 0 Å². The zero-order valence-corrected chi connectivity index (χ0v) is 11.1. The molecular weight excluding hydrogens is 244 g/mol. The normalized spacial score (nSPS) is 10.7. The van der Waals surface area contributed by atoms with Crippen LogP contribution in [0.15, 0.2) is 30.3 Å². The average Bonchev–Trinajstić information content (AvgIpc) is 2.72. The Kier molecular flexibility index (Phi) is 3.55. The van der Waals surface area contributed by atoms with Crippen molar-refractivity contribution in [1.29, 1.82) is 0 Å². The Morgan fingerprint density at radius 3 is 2.42 bits per heavy atom. The number of benzene rings is 1. The van der Waals surface area contributed by atoms with Crippen LogP contribution in [0.25, 0.3) is 5.69 Å². The number of aromatic nitrogens is 2. The highest BCUT2D eigenvalue weighted by Crippen LogP contribution is 2.18. The Labute approximate surface area is 111 Å². The molecule has 5 heteroatoms. The maximum atomic E-state index is 10.9. The lowest BCUT2D eigenvalue weighted by Crippen LogP contribution is -2.06. The van der Waals surface area contributed by atoms with Crippen molar-refractivity contribution in [2.75, 3.05) is 0 Å². The van der Waals surface area contributed by atoms with E-state index in [0.717, 1.165) is 17.1 Å². The second-order valence-electron chi connectivity index (χ2n) is 4.55. The first-order chi connectivity index (χ1) is 8.97. The van der Waals surface area contributed by atoms with Crippen LogP contribution in [0.2, 0.25) is 0 Å². The van der Waals surface area contributed by atoms with Crippen LogP contribution in [0.4, 0.5) is 0 Å². The molecule has 100 valence electrons. The highest BCUT2D eigenvalue weighted by molar-refractivity contribution is 5.85. The summed E-state index contributed by atoms with van der Waals surface area (Å²) in [7, 11) is 0. The van der Waals surface area contributed by atoms with Gasteiger partial charge in [-0.1, -0.05) is 0 Å². The summed E-state index contributed by atoms with van der Waals surface area (Å²) in [5, 5.41) is 13.0. The fraction of sp³-hybridized carbons (Fsp3) is 0.286. The molecule has 19 heavy (non-hydrogen) atoms. The van der Waals surface area contributed by atoms with Gasteiger partial charge in [0.05, 0.1) is 11.8 Å². The number of carboxylic acids is 1. The van der Waals surface area contributed by atoms with Crippen LogP contribution in [0, 0.1) is 6.92 Å². The maximum absolute atomic E-state index is 10.9. The second kappa shape index (κ2) is 5.14. The van der Waals surface area contributed by atoms with Gasteiger partial charge in [-0.25, -0.2) is 9.48 Å². The molecule has 0 fully saturated rings. The number of nitrogens with zero attached hydrogens (tertiary/aromatic N) is 2. The van der Waals surface area contributed by atoms with Gasteiger partial charge in [-0.15, -0.1) is 0 Å². The fourth-order valence-electron chi connectivity index (χ4n) is 1.78. The summed E-state index contributed by atoms with van der Waals surface area (Å²) in [4.78, 5) is 10.9. The van der Waals surface area contributed by atoms with Gasteiger partial charge in [0.2, 0.25) is 0 Å². The number of carbonyl (C=O) groups is 1. The predicted molar refractivity (Wildman–Crippen MR) is 71.0 cm³/mol. The molecule has 5 nitrogen and oxygen atoms in total. The number of rotatable bonds is 4. The Bertz CT molecular complexity index is 585. The number of carboxylic acid groups (broad SMARTS) is 1. The Morgan fingerprint density at radius 1 is 1.32 bits per heavy atom. The minimum Gasteiger partial charge on any atom is -0.491 e. The van der Waals surface area contributed by atoms with E-state index >= 15 is 0 Å². The van der Waals surface area contributed by atoms with Crippen LogP contribution in [0.1, 0.15) is 30.0 Å². The third kappa shape index (κ3) is 2.93. The van der Waals surface area contributed by atoms with Gasteiger partial charge < -0.3 is 9.84 Å². The van der Waals surface area contributed by atoms with Crippen molar-refractivity contribution in [3.05, 3.63) is 41.7 Å². The van der Waals surface area contributed by atoms with Gasteiger partial charge in [-0.05, 0) is 51.1 Å². The molecule has 1 aromatic carbocycles. The SMILES string of the molecule is Cc1cc(C(=O)O)nn1-c1ccc(OC(C)C)cc1. The standard InChI is InChI=1S/C14H16N2O3/c1-9(2)19-12-6-4-11(5-7-12)16-10(3)8-13(15-16)14(17)18/h4-9H,1-3H3,(H,17,18). The minimum absolute atomic E-state index is 0.0417. The van der Waals surface area contributed by atoms with Crippen molar-refractivity contribution in [2.45, 2.75) is 26.9 Å². The summed E-state index contributed by atoms with van der Waals surface area (Å²) in [5.41, 5.74) is 1.62. The highest BCUT2D eigenvalue weighted by atomic mass is 16.5. The Hall–Kier alpha value is -2.30. The van der Waals surface area contributed by atoms with Crippen LogP contribution in [0.3, 0.4) is 0 Å². The lowest BCUT2D eigenvalue weighted by Gasteiger charge is -2.10. The summed E-state index contributed by atoms with van der Waals surface area (Å²) >= 11 is 0. The molecule has 0 saturated heterocycles. The van der Waals surface area contributed by atoms with Gasteiger partial charge in [-0.2, -0.15) is 5.10 Å². The predicted octanol–water partition coefficient (Wildman–Crippen LogP) is 2.67. The van der Waals surface area contributed by atoms with Crippen molar-refractivity contribution in [2.24, 2.45) is 0 Å². The molecule has 0 aliphatic carbocycles. The molecule has 0 unspecified atom stereocenters. The van der Waals surface area contributed by atoms with E-state index in [2.05, 4.69) is 5.10 Å². The molecule has 1 aromatic heterocycles. The first-order valence-electron chi connectivity index (χ1n) is 6.04. The molecule has 2 rings (SSSR count). The van der Waals surface area contributed by atoms with E-state index in [1.807, 2.05) is 45.0 Å². The highest BCUT2D eigenvalue weighted by Gasteiger charge is 2.11. The average molecular weight is 260 g/mol. The summed E-state index contributed by atoms with van der Waals surface area (Å²) in [6.45, 7) is 5.74. The van der Waals surface area contributed by atoms with Crippen molar-refractivity contribution in [1.82, 2.24) is 9.78 Å². The van der Waals surface area contributed by atoms with E-state index < -0.39 is 5.97 Å². The molecule has 1 N–H and O–H groups in total. The number of hydrogen-bond donors (Lipinski definition) is 1. The molecule has 0 aliphatic rings. The zero-order valence-electron chi connectivity index (χ0n) is 11.1. The smallest absolute Gasteiger partial charge is 0.356 e. The van der Waals surface area contributed by atoms with Crippen molar-refractivity contribution < 1.29 is 14.6 Å². The van der Waals surface area contributed by atoms with Gasteiger partial charge in [-0.3, -0.25) is 0 Å². The maximum Gasteiger partial charge on any atom is 0.356 e. The van der Waals surface area contributed by atoms with Gasteiger partial charge in [0.25, 0.3) is 0 Å². The molecule has 0 aliphatic heterocycles.